The molecule has 0 rings (SSSR count). The minimum absolute atomic E-state index is 0.0204. The SMILES string of the molecule is CCCCC/C=C\C/C=C\CCCCCCCCCCCC(=O)OC(COCCCCCCCCCCCCCCCCCCCCCCCCCC)COP(=O)(O)OCC(N)C(=O)O. The standard InChI is InChI=1S/C54H104NO9P/c1-3-5-7-9-11-13-15-17-19-21-23-24-25-26-27-29-31-33-35-37-39-41-43-45-47-61-48-51(49-62-65(59,60)63-50-52(55)54(57)58)64-53(56)46-44-42-40-38-36-34-32-30-28-22-20-18-16-14-12-10-8-6-4-2/h12,14,18,20,51-52H,3-11,13,15-17,19,21-50,55H2,1-2H3,(H,57,58)(H,59,60)/b14-12-,20-18-. The van der Waals surface area contributed by atoms with Gasteiger partial charge in [0.25, 0.3) is 0 Å². The molecular formula is C54H104NO9P. The Kier molecular flexibility index (Phi) is 49.1. The smallest absolute Gasteiger partial charge is 0.472 e. The largest absolute Gasteiger partial charge is 0.480 e. The topological polar surface area (TPSA) is 155 Å². The molecule has 0 bridgehead atoms. The zero-order chi connectivity index (χ0) is 47.6. The normalized spacial score (nSPS) is 13.8. The number of carboxylic acids is 1. The highest BCUT2D eigenvalue weighted by molar-refractivity contribution is 7.47. The van der Waals surface area contributed by atoms with Gasteiger partial charge < -0.3 is 25.2 Å². The summed E-state index contributed by atoms with van der Waals surface area (Å²) in [4.78, 5) is 33.7. The second-order valence-corrected chi connectivity index (χ2v) is 20.2. The number of rotatable bonds is 53. The van der Waals surface area contributed by atoms with Crippen LogP contribution in [0.5, 0.6) is 0 Å². The summed E-state index contributed by atoms with van der Waals surface area (Å²) in [6.07, 6.45) is 58.1. The number of carbonyl (C=O) groups is 2. The molecule has 0 saturated carbocycles. The first-order chi connectivity index (χ1) is 31.7. The lowest BCUT2D eigenvalue weighted by molar-refractivity contribution is -0.154. The molecule has 384 valence electrons. The Labute approximate surface area is 400 Å². The van der Waals surface area contributed by atoms with Crippen molar-refractivity contribution in [3.05, 3.63) is 24.3 Å². The Balaban J connectivity index is 4.05. The lowest BCUT2D eigenvalue weighted by Gasteiger charge is -2.20. The fourth-order valence-corrected chi connectivity index (χ4v) is 8.77. The van der Waals surface area contributed by atoms with Gasteiger partial charge in [-0.25, -0.2) is 4.57 Å². The summed E-state index contributed by atoms with van der Waals surface area (Å²) in [5.74, 6) is -1.77. The van der Waals surface area contributed by atoms with Crippen LogP contribution in [0.2, 0.25) is 0 Å². The van der Waals surface area contributed by atoms with Gasteiger partial charge in [0.15, 0.2) is 0 Å². The number of unbranched alkanes of at least 4 members (excludes halogenated alkanes) is 35. The molecule has 0 heterocycles. The number of nitrogens with two attached hydrogens (primary N) is 1. The van der Waals surface area contributed by atoms with Crippen LogP contribution >= 0.6 is 7.82 Å². The van der Waals surface area contributed by atoms with Crippen LogP contribution in [0.15, 0.2) is 24.3 Å². The van der Waals surface area contributed by atoms with E-state index in [9.17, 15) is 19.0 Å². The number of carbonyl (C=O) groups excluding carboxylic acids is 1. The molecule has 3 unspecified atom stereocenters. The van der Waals surface area contributed by atoms with Crippen molar-refractivity contribution in [3.63, 3.8) is 0 Å². The van der Waals surface area contributed by atoms with Crippen molar-refractivity contribution in [1.82, 2.24) is 0 Å². The van der Waals surface area contributed by atoms with Crippen LogP contribution in [0.1, 0.15) is 271 Å². The number of ether oxygens (including phenoxy) is 2. The molecule has 0 aliphatic rings. The van der Waals surface area contributed by atoms with Gasteiger partial charge in [-0.2, -0.15) is 0 Å². The van der Waals surface area contributed by atoms with Gasteiger partial charge in [-0.1, -0.05) is 244 Å². The monoisotopic (exact) mass is 942 g/mol. The number of phosphoric acid groups is 1. The van der Waals surface area contributed by atoms with Gasteiger partial charge in [-0.3, -0.25) is 18.6 Å². The lowest BCUT2D eigenvalue weighted by atomic mass is 10.0. The summed E-state index contributed by atoms with van der Waals surface area (Å²) in [5.41, 5.74) is 5.38. The Bertz CT molecular complexity index is 1140. The average molecular weight is 942 g/mol. The van der Waals surface area contributed by atoms with Crippen LogP contribution in [-0.2, 0) is 32.7 Å². The minimum Gasteiger partial charge on any atom is -0.480 e. The molecule has 0 fully saturated rings. The second kappa shape index (κ2) is 50.3. The fraction of sp³-hybridized carbons (Fsp3) is 0.889. The van der Waals surface area contributed by atoms with Gasteiger partial charge in [-0.15, -0.1) is 0 Å². The molecule has 3 atom stereocenters. The Hall–Kier alpha value is -1.55. The van der Waals surface area contributed by atoms with Crippen molar-refractivity contribution in [2.45, 2.75) is 283 Å². The van der Waals surface area contributed by atoms with E-state index in [1.165, 1.54) is 193 Å². The number of aliphatic carboxylic acids is 1. The molecule has 0 aliphatic heterocycles. The number of hydrogen-bond donors (Lipinski definition) is 3. The van der Waals surface area contributed by atoms with Crippen molar-refractivity contribution < 1.29 is 42.7 Å². The van der Waals surface area contributed by atoms with Crippen molar-refractivity contribution in [3.8, 4) is 0 Å². The molecule has 0 amide bonds. The van der Waals surface area contributed by atoms with Crippen LogP contribution in [0.4, 0.5) is 0 Å². The van der Waals surface area contributed by atoms with Crippen molar-refractivity contribution in [2.75, 3.05) is 26.4 Å². The first-order valence-corrected chi connectivity index (χ1v) is 28.9. The highest BCUT2D eigenvalue weighted by atomic mass is 31.2. The average Bonchev–Trinajstić information content (AvgIpc) is 3.29. The highest BCUT2D eigenvalue weighted by Crippen LogP contribution is 2.43. The van der Waals surface area contributed by atoms with Crippen LogP contribution in [0.25, 0.3) is 0 Å². The Morgan fingerprint density at radius 2 is 0.846 bits per heavy atom. The maximum atomic E-state index is 12.7. The molecule has 0 aromatic carbocycles. The van der Waals surface area contributed by atoms with Gasteiger partial charge in [0, 0.05) is 13.0 Å². The second-order valence-electron chi connectivity index (χ2n) is 18.7. The van der Waals surface area contributed by atoms with E-state index in [0.29, 0.717) is 13.0 Å². The highest BCUT2D eigenvalue weighted by Gasteiger charge is 2.27. The summed E-state index contributed by atoms with van der Waals surface area (Å²) in [6, 6.07) is -1.47. The van der Waals surface area contributed by atoms with E-state index in [1.54, 1.807) is 0 Å². The third-order valence-corrected chi connectivity index (χ3v) is 13.2. The predicted molar refractivity (Wildman–Crippen MR) is 272 cm³/mol. The summed E-state index contributed by atoms with van der Waals surface area (Å²) in [5, 5.41) is 8.94. The molecule has 0 aromatic heterocycles. The van der Waals surface area contributed by atoms with Crippen molar-refractivity contribution in [2.24, 2.45) is 5.73 Å². The summed E-state index contributed by atoms with van der Waals surface area (Å²) in [7, 11) is -4.62. The van der Waals surface area contributed by atoms with Crippen LogP contribution < -0.4 is 5.73 Å². The molecule has 0 aliphatic carbocycles. The van der Waals surface area contributed by atoms with Gasteiger partial charge >= 0.3 is 19.8 Å². The number of phosphoric ester groups is 1. The van der Waals surface area contributed by atoms with Gasteiger partial charge in [0.1, 0.15) is 12.1 Å². The van der Waals surface area contributed by atoms with Gasteiger partial charge in [-0.05, 0) is 44.9 Å². The maximum Gasteiger partial charge on any atom is 0.472 e. The van der Waals surface area contributed by atoms with Crippen LogP contribution in [0, 0.1) is 0 Å². The predicted octanol–water partition coefficient (Wildman–Crippen LogP) is 16.2. The molecular weight excluding hydrogens is 838 g/mol. The van der Waals surface area contributed by atoms with E-state index < -0.39 is 45.1 Å². The van der Waals surface area contributed by atoms with Crippen molar-refractivity contribution >= 4 is 19.8 Å². The van der Waals surface area contributed by atoms with Gasteiger partial charge in [0.05, 0.1) is 19.8 Å². The van der Waals surface area contributed by atoms with E-state index in [-0.39, 0.29) is 13.0 Å². The summed E-state index contributed by atoms with van der Waals surface area (Å²) in [6.45, 7) is 3.92. The number of hydrogen-bond acceptors (Lipinski definition) is 8. The molecule has 4 N–H and O–H groups in total. The molecule has 10 nitrogen and oxygen atoms in total. The molecule has 0 saturated heterocycles. The fourth-order valence-electron chi connectivity index (χ4n) is 7.99. The molecule has 0 radical (unpaired) electrons. The number of esters is 1. The third-order valence-electron chi connectivity index (χ3n) is 12.2. The van der Waals surface area contributed by atoms with E-state index >= 15 is 0 Å². The third kappa shape index (κ3) is 50.2. The zero-order valence-corrected chi connectivity index (χ0v) is 43.2. The summed E-state index contributed by atoms with van der Waals surface area (Å²) < 4.78 is 33.6. The number of allylic oxidation sites excluding steroid dienone is 4. The van der Waals surface area contributed by atoms with Crippen LogP contribution in [0.3, 0.4) is 0 Å². The molecule has 0 spiro atoms. The van der Waals surface area contributed by atoms with E-state index in [4.69, 9.17) is 29.4 Å². The van der Waals surface area contributed by atoms with Crippen LogP contribution in [-0.4, -0.2) is 60.5 Å². The van der Waals surface area contributed by atoms with E-state index in [1.807, 2.05) is 0 Å². The zero-order valence-electron chi connectivity index (χ0n) is 42.4. The first kappa shape index (κ1) is 63.5. The number of carboxylic acid groups (broad SMARTS) is 1. The molecule has 65 heavy (non-hydrogen) atoms. The summed E-state index contributed by atoms with van der Waals surface area (Å²) >= 11 is 0. The quantitative estimate of drug-likeness (QED) is 0.0232. The first-order valence-electron chi connectivity index (χ1n) is 27.4. The molecule has 11 heteroatoms. The van der Waals surface area contributed by atoms with Crippen molar-refractivity contribution in [1.29, 1.82) is 0 Å². The Morgan fingerprint density at radius 1 is 0.492 bits per heavy atom. The minimum atomic E-state index is -4.62. The van der Waals surface area contributed by atoms with E-state index in [0.717, 1.165) is 51.4 Å². The Morgan fingerprint density at radius 3 is 1.28 bits per heavy atom. The maximum absolute atomic E-state index is 12.7. The molecule has 0 aromatic rings. The van der Waals surface area contributed by atoms with E-state index in [2.05, 4.69) is 38.2 Å². The lowest BCUT2D eigenvalue weighted by Crippen LogP contribution is -2.34. The van der Waals surface area contributed by atoms with Gasteiger partial charge in [0.2, 0.25) is 0 Å².